The zero-order valence-corrected chi connectivity index (χ0v) is 12.4. The lowest BCUT2D eigenvalue weighted by molar-refractivity contribution is 0.0765. The number of rotatable bonds is 6. The molecule has 2 aromatic rings. The molecule has 0 spiro atoms. The van der Waals surface area contributed by atoms with Gasteiger partial charge in [0.05, 0.1) is 6.61 Å². The summed E-state index contributed by atoms with van der Waals surface area (Å²) in [6.45, 7) is 4.72. The second kappa shape index (κ2) is 6.17. The maximum atomic E-state index is 12.1. The van der Waals surface area contributed by atoms with E-state index in [9.17, 15) is 4.79 Å². The third kappa shape index (κ3) is 3.33. The second-order valence-corrected chi connectivity index (χ2v) is 5.68. The topological polar surface area (TPSA) is 31.2 Å². The number of thiophene rings is 1. The van der Waals surface area contributed by atoms with Gasteiger partial charge in [-0.15, -0.1) is 11.3 Å². The van der Waals surface area contributed by atoms with Crippen molar-refractivity contribution in [1.29, 1.82) is 0 Å². The van der Waals surface area contributed by atoms with Crippen molar-refractivity contribution in [2.45, 2.75) is 20.3 Å². The average molecular weight is 277 g/mol. The minimum absolute atomic E-state index is 0.0624. The van der Waals surface area contributed by atoms with Gasteiger partial charge in [-0.05, 0) is 31.4 Å². The molecule has 0 saturated heterocycles. The van der Waals surface area contributed by atoms with Crippen LogP contribution in [-0.2, 0) is 18.2 Å². The van der Waals surface area contributed by atoms with Crippen molar-refractivity contribution in [3.05, 3.63) is 45.4 Å². The van der Waals surface area contributed by atoms with Crippen molar-refractivity contribution in [1.82, 2.24) is 4.57 Å². The lowest BCUT2D eigenvalue weighted by atomic mass is 10.1. The Morgan fingerprint density at radius 2 is 2.21 bits per heavy atom. The van der Waals surface area contributed by atoms with Gasteiger partial charge >= 0.3 is 0 Å². The summed E-state index contributed by atoms with van der Waals surface area (Å²) in [5, 5.41) is 2.05. The third-order valence-electron chi connectivity index (χ3n) is 3.38. The molecular formula is C15H19NO2S. The highest BCUT2D eigenvalue weighted by Crippen LogP contribution is 2.14. The fraction of sp³-hybridized carbons (Fsp3) is 0.400. The quantitative estimate of drug-likeness (QED) is 0.600. The van der Waals surface area contributed by atoms with Crippen LogP contribution in [0.5, 0.6) is 0 Å². The lowest BCUT2D eigenvalue weighted by Crippen LogP contribution is -2.11. The summed E-state index contributed by atoms with van der Waals surface area (Å²) < 4.78 is 7.50. The standard InChI is InChI=1S/C15H19NO2S/c1-11-9-14(12(2)16(11)3)15(17)10-18-7-6-13-5-4-8-19-13/h4-5,8-9H,6-7,10H2,1-3H3. The highest BCUT2D eigenvalue weighted by Gasteiger charge is 2.13. The molecule has 2 rings (SSSR count). The molecule has 2 heterocycles. The van der Waals surface area contributed by atoms with Crippen LogP contribution in [-0.4, -0.2) is 23.6 Å². The Bertz CT molecular complexity index is 555. The fourth-order valence-electron chi connectivity index (χ4n) is 2.01. The van der Waals surface area contributed by atoms with Gasteiger partial charge < -0.3 is 9.30 Å². The number of ether oxygens (including phenoxy) is 1. The van der Waals surface area contributed by atoms with E-state index in [1.807, 2.05) is 37.6 Å². The van der Waals surface area contributed by atoms with Crippen LogP contribution in [0.15, 0.2) is 23.6 Å². The van der Waals surface area contributed by atoms with Gasteiger partial charge in [0.1, 0.15) is 6.61 Å². The summed E-state index contributed by atoms with van der Waals surface area (Å²) in [5.41, 5.74) is 2.87. The Morgan fingerprint density at radius 1 is 1.42 bits per heavy atom. The first-order valence-corrected chi connectivity index (χ1v) is 7.24. The number of Topliss-reactive ketones (excluding diaryl/α,β-unsaturated/α-hetero) is 1. The summed E-state index contributed by atoms with van der Waals surface area (Å²) in [6.07, 6.45) is 0.873. The molecule has 2 aromatic heterocycles. The molecule has 0 aliphatic heterocycles. The normalized spacial score (nSPS) is 10.9. The van der Waals surface area contributed by atoms with Crippen LogP contribution < -0.4 is 0 Å². The minimum Gasteiger partial charge on any atom is -0.373 e. The Balaban J connectivity index is 1.82. The molecule has 0 aromatic carbocycles. The number of ketones is 1. The van der Waals surface area contributed by atoms with Gasteiger partial charge in [0.15, 0.2) is 5.78 Å². The van der Waals surface area contributed by atoms with Crippen molar-refractivity contribution in [2.75, 3.05) is 13.2 Å². The predicted molar refractivity (Wildman–Crippen MR) is 78.1 cm³/mol. The molecule has 0 radical (unpaired) electrons. The molecule has 0 saturated carbocycles. The number of hydrogen-bond acceptors (Lipinski definition) is 3. The van der Waals surface area contributed by atoms with Crippen LogP contribution >= 0.6 is 11.3 Å². The molecule has 0 N–H and O–H groups in total. The van der Waals surface area contributed by atoms with E-state index < -0.39 is 0 Å². The smallest absolute Gasteiger partial charge is 0.190 e. The molecule has 4 heteroatoms. The van der Waals surface area contributed by atoms with Crippen LogP contribution in [0.3, 0.4) is 0 Å². The second-order valence-electron chi connectivity index (χ2n) is 4.65. The summed E-state index contributed by atoms with van der Waals surface area (Å²) in [4.78, 5) is 13.3. The zero-order chi connectivity index (χ0) is 13.8. The molecular weight excluding hydrogens is 258 g/mol. The first-order chi connectivity index (χ1) is 9.09. The maximum Gasteiger partial charge on any atom is 0.190 e. The molecule has 0 aliphatic carbocycles. The predicted octanol–water partition coefficient (Wildman–Crippen LogP) is 3.15. The fourth-order valence-corrected chi connectivity index (χ4v) is 2.70. The van der Waals surface area contributed by atoms with E-state index in [1.165, 1.54) is 4.88 Å². The van der Waals surface area contributed by atoms with Crippen molar-refractivity contribution in [2.24, 2.45) is 7.05 Å². The van der Waals surface area contributed by atoms with Crippen LogP contribution in [0.4, 0.5) is 0 Å². The van der Waals surface area contributed by atoms with Crippen molar-refractivity contribution < 1.29 is 9.53 Å². The first-order valence-electron chi connectivity index (χ1n) is 6.36. The van der Waals surface area contributed by atoms with E-state index in [4.69, 9.17) is 4.74 Å². The van der Waals surface area contributed by atoms with Gasteiger partial charge in [-0.1, -0.05) is 6.07 Å². The van der Waals surface area contributed by atoms with E-state index in [0.29, 0.717) is 6.61 Å². The highest BCUT2D eigenvalue weighted by molar-refractivity contribution is 7.09. The van der Waals surface area contributed by atoms with Gasteiger partial charge in [-0.3, -0.25) is 4.79 Å². The molecule has 3 nitrogen and oxygen atoms in total. The zero-order valence-electron chi connectivity index (χ0n) is 11.6. The summed E-state index contributed by atoms with van der Waals surface area (Å²) in [6, 6.07) is 6.04. The van der Waals surface area contributed by atoms with Gasteiger partial charge in [0.2, 0.25) is 0 Å². The maximum absolute atomic E-state index is 12.1. The number of carbonyl (C=O) groups is 1. The van der Waals surface area contributed by atoms with Crippen molar-refractivity contribution in [3.8, 4) is 0 Å². The largest absolute Gasteiger partial charge is 0.373 e. The van der Waals surface area contributed by atoms with Crippen molar-refractivity contribution in [3.63, 3.8) is 0 Å². The molecule has 19 heavy (non-hydrogen) atoms. The Kier molecular flexibility index (Phi) is 4.56. The van der Waals surface area contributed by atoms with Crippen LogP contribution in [0, 0.1) is 13.8 Å². The molecule has 0 aliphatic rings. The number of aryl methyl sites for hydroxylation is 1. The molecule has 0 bridgehead atoms. The summed E-state index contributed by atoms with van der Waals surface area (Å²) in [7, 11) is 1.97. The van der Waals surface area contributed by atoms with Crippen LogP contribution in [0.25, 0.3) is 0 Å². The van der Waals surface area contributed by atoms with Crippen molar-refractivity contribution >= 4 is 17.1 Å². The summed E-state index contributed by atoms with van der Waals surface area (Å²) >= 11 is 1.72. The minimum atomic E-state index is 0.0624. The number of hydrogen-bond donors (Lipinski definition) is 0. The number of carbonyl (C=O) groups excluding carboxylic acids is 1. The number of aromatic nitrogens is 1. The Hall–Kier alpha value is -1.39. The molecule has 0 atom stereocenters. The summed E-state index contributed by atoms with van der Waals surface area (Å²) in [5.74, 6) is 0.0624. The highest BCUT2D eigenvalue weighted by atomic mass is 32.1. The van der Waals surface area contributed by atoms with E-state index in [-0.39, 0.29) is 12.4 Å². The van der Waals surface area contributed by atoms with Gasteiger partial charge in [-0.2, -0.15) is 0 Å². The lowest BCUT2D eigenvalue weighted by Gasteiger charge is -2.04. The first kappa shape index (κ1) is 14.0. The van der Waals surface area contributed by atoms with Crippen LogP contribution in [0.2, 0.25) is 0 Å². The van der Waals surface area contributed by atoms with Gasteiger partial charge in [0.25, 0.3) is 0 Å². The van der Waals surface area contributed by atoms with E-state index in [0.717, 1.165) is 23.4 Å². The molecule has 0 unspecified atom stereocenters. The monoisotopic (exact) mass is 277 g/mol. The number of nitrogens with zero attached hydrogens (tertiary/aromatic N) is 1. The third-order valence-corrected chi connectivity index (χ3v) is 4.32. The van der Waals surface area contributed by atoms with E-state index >= 15 is 0 Å². The van der Waals surface area contributed by atoms with Gasteiger partial charge in [0, 0.05) is 35.3 Å². The SMILES string of the molecule is Cc1cc(C(=O)COCCc2cccs2)c(C)n1C. The van der Waals surface area contributed by atoms with E-state index in [2.05, 4.69) is 11.4 Å². The van der Waals surface area contributed by atoms with E-state index in [1.54, 1.807) is 11.3 Å². The Labute approximate surface area is 117 Å². The Morgan fingerprint density at radius 3 is 2.79 bits per heavy atom. The molecule has 102 valence electrons. The van der Waals surface area contributed by atoms with Crippen LogP contribution in [0.1, 0.15) is 26.6 Å². The average Bonchev–Trinajstić information content (AvgIpc) is 2.99. The van der Waals surface area contributed by atoms with Gasteiger partial charge in [-0.25, -0.2) is 0 Å². The molecule has 0 amide bonds. The molecule has 0 fully saturated rings.